The summed E-state index contributed by atoms with van der Waals surface area (Å²) in [5.74, 6) is -0.139. The number of piperidine rings is 1. The fraction of sp³-hybridized carbons (Fsp3) is 0.545. The molecule has 8 heterocycles. The van der Waals surface area contributed by atoms with E-state index in [-0.39, 0.29) is 91.0 Å². The number of nitrogens with zero attached hydrogens (tertiary/aromatic N) is 9. The number of aliphatic hydroxyl groups excluding tert-OH is 1. The first kappa shape index (κ1) is 61.6. The summed E-state index contributed by atoms with van der Waals surface area (Å²) in [6.07, 6.45) is 5.93. The first-order valence-electron chi connectivity index (χ1n) is 31.0. The van der Waals surface area contributed by atoms with E-state index >= 15 is 4.39 Å². The average Bonchev–Trinajstić information content (AvgIpc) is 1.84. The summed E-state index contributed by atoms with van der Waals surface area (Å²) in [7, 11) is 0. The number of β-amino-alcohol motifs (C(OH)–C–C–N with tert-alkyl or cyclic N) is 1. The number of fused-ring (bicyclic) bond motifs is 4. The Hall–Kier alpha value is -7.07. The quantitative estimate of drug-likeness (QED) is 0.0670. The fourth-order valence-corrected chi connectivity index (χ4v) is 14.5. The molecule has 5 aliphatic heterocycles. The van der Waals surface area contributed by atoms with Gasteiger partial charge in [0.1, 0.15) is 47.1 Å². The number of thiazole rings is 1. The Morgan fingerprint density at radius 2 is 1.60 bits per heavy atom. The number of piperazine rings is 1. The fourth-order valence-electron chi connectivity index (χ4n) is 13.7. The van der Waals surface area contributed by atoms with Gasteiger partial charge in [0.25, 0.3) is 0 Å². The second-order valence-corrected chi connectivity index (χ2v) is 27.7. The van der Waals surface area contributed by atoms with E-state index in [4.69, 9.17) is 24.4 Å². The van der Waals surface area contributed by atoms with Gasteiger partial charge in [-0.1, -0.05) is 70.2 Å². The van der Waals surface area contributed by atoms with E-state index < -0.39 is 35.0 Å². The number of aryl methyl sites for hydroxylation is 2. The van der Waals surface area contributed by atoms with Gasteiger partial charge in [0.2, 0.25) is 17.7 Å². The number of carbonyl (C=O) groups excluding carboxylic acids is 4. The second kappa shape index (κ2) is 25.2. The van der Waals surface area contributed by atoms with Crippen LogP contribution in [0.5, 0.6) is 11.8 Å². The minimum atomic E-state index is -0.910. The number of rotatable bonds is 17. The van der Waals surface area contributed by atoms with Crippen molar-refractivity contribution in [3.63, 3.8) is 0 Å². The number of phenolic OH excluding ortho intramolecular Hbond substituents is 1. The number of aromatic hydroxyl groups is 1. The molecule has 0 radical (unpaired) electrons. The first-order chi connectivity index (χ1) is 41.5. The molecule has 5 saturated heterocycles. The predicted octanol–water partition coefficient (Wildman–Crippen LogP) is 9.05. The van der Waals surface area contributed by atoms with Crippen LogP contribution in [0, 0.1) is 30.0 Å². The number of ether oxygens (including phenoxy) is 2. The number of hydrogen-bond donors (Lipinski definition) is 4. The molecule has 11 rings (SSSR count). The summed E-state index contributed by atoms with van der Waals surface area (Å²) >= 11 is 1.58. The summed E-state index contributed by atoms with van der Waals surface area (Å²) in [5.41, 5.74) is 5.05. The van der Waals surface area contributed by atoms with Crippen molar-refractivity contribution in [3.8, 4) is 33.5 Å². The van der Waals surface area contributed by atoms with Crippen molar-refractivity contribution in [1.82, 2.24) is 50.2 Å². The van der Waals surface area contributed by atoms with Gasteiger partial charge in [0, 0.05) is 57.4 Å². The van der Waals surface area contributed by atoms with E-state index in [9.17, 15) is 29.4 Å². The van der Waals surface area contributed by atoms with Gasteiger partial charge in [-0.3, -0.25) is 34.1 Å². The lowest BCUT2D eigenvalue weighted by atomic mass is 9.83. The van der Waals surface area contributed by atoms with Crippen LogP contribution in [0.4, 0.5) is 15.0 Å². The summed E-state index contributed by atoms with van der Waals surface area (Å²) in [6, 6.07) is 14.7. The van der Waals surface area contributed by atoms with Crippen LogP contribution >= 0.6 is 11.3 Å². The molecule has 6 aromatic rings. The number of anilines is 1. The largest absolute Gasteiger partial charge is 0.508 e. The lowest BCUT2D eigenvalue weighted by Crippen LogP contribution is -2.60. The number of likely N-dealkylation sites (tertiary alicyclic amines) is 3. The zero-order chi connectivity index (χ0) is 61.6. The molecule has 4 N–H and O–H groups in total. The highest BCUT2D eigenvalue weighted by atomic mass is 32.1. The van der Waals surface area contributed by atoms with Crippen LogP contribution in [-0.4, -0.2) is 175 Å². The number of carbonyl (C=O) groups is 4. The van der Waals surface area contributed by atoms with Crippen molar-refractivity contribution in [3.05, 3.63) is 88.9 Å². The molecule has 4 unspecified atom stereocenters. The van der Waals surface area contributed by atoms with Crippen LogP contribution in [0.25, 0.3) is 43.4 Å². The van der Waals surface area contributed by atoms with Crippen molar-refractivity contribution in [1.29, 1.82) is 0 Å². The molecular weight excluding hydrogens is 1130 g/mol. The molecule has 6 atom stereocenters. The molecule has 5 aliphatic rings. The molecule has 5 fully saturated rings. The van der Waals surface area contributed by atoms with Crippen LogP contribution in [0.2, 0.25) is 0 Å². The van der Waals surface area contributed by atoms with Gasteiger partial charge in [-0.25, -0.2) is 14.2 Å². The Labute approximate surface area is 513 Å². The van der Waals surface area contributed by atoms with Crippen molar-refractivity contribution in [2.24, 2.45) is 17.3 Å². The maximum absolute atomic E-state index is 17.4. The molecule has 21 heteroatoms. The maximum Gasteiger partial charge on any atom is 0.410 e. The second-order valence-electron chi connectivity index (χ2n) is 26.9. The summed E-state index contributed by atoms with van der Waals surface area (Å²) < 4.78 is 29.6. The molecule has 0 saturated carbocycles. The van der Waals surface area contributed by atoms with E-state index in [1.54, 1.807) is 29.7 Å². The number of amides is 4. The zero-order valence-electron chi connectivity index (χ0n) is 51.6. The molecule has 0 spiro atoms. The number of benzene rings is 3. The highest BCUT2D eigenvalue weighted by Crippen LogP contribution is 2.41. The van der Waals surface area contributed by atoms with Crippen molar-refractivity contribution in [2.45, 2.75) is 149 Å². The third-order valence-corrected chi connectivity index (χ3v) is 19.2. The van der Waals surface area contributed by atoms with Crippen molar-refractivity contribution in [2.75, 3.05) is 70.4 Å². The van der Waals surface area contributed by atoms with Gasteiger partial charge in [-0.15, -0.1) is 11.3 Å². The third kappa shape index (κ3) is 13.5. The van der Waals surface area contributed by atoms with Gasteiger partial charge in [0.15, 0.2) is 5.82 Å². The maximum atomic E-state index is 17.4. The Balaban J connectivity index is 0.677. The van der Waals surface area contributed by atoms with Crippen molar-refractivity contribution < 1.29 is 43.3 Å². The highest BCUT2D eigenvalue weighted by molar-refractivity contribution is 7.13. The molecular formula is C66H84FN11O8S. The van der Waals surface area contributed by atoms with Gasteiger partial charge in [-0.05, 0) is 143 Å². The predicted molar refractivity (Wildman–Crippen MR) is 334 cm³/mol. The number of phenols is 1. The van der Waals surface area contributed by atoms with Crippen LogP contribution in [0.3, 0.4) is 0 Å². The number of halogens is 1. The van der Waals surface area contributed by atoms with Crippen LogP contribution < -0.4 is 20.3 Å². The minimum absolute atomic E-state index is 0.00232. The molecule has 464 valence electrons. The summed E-state index contributed by atoms with van der Waals surface area (Å²) in [6.45, 7) is 22.6. The summed E-state index contributed by atoms with van der Waals surface area (Å²) in [4.78, 5) is 85.1. The van der Waals surface area contributed by atoms with E-state index in [0.717, 1.165) is 96.3 Å². The van der Waals surface area contributed by atoms with Gasteiger partial charge in [-0.2, -0.15) is 9.97 Å². The monoisotopic (exact) mass is 1210 g/mol. The Morgan fingerprint density at radius 1 is 0.874 bits per heavy atom. The van der Waals surface area contributed by atoms with Crippen LogP contribution in [0.15, 0.2) is 66.3 Å². The van der Waals surface area contributed by atoms with Crippen LogP contribution in [-0.2, 0) is 25.5 Å². The number of aromatic nitrogens is 4. The minimum Gasteiger partial charge on any atom is -0.508 e. The van der Waals surface area contributed by atoms with Crippen molar-refractivity contribution >= 4 is 62.6 Å². The Kier molecular flexibility index (Phi) is 17.8. The van der Waals surface area contributed by atoms with Crippen LogP contribution in [0.1, 0.15) is 117 Å². The molecule has 3 aromatic heterocycles. The molecule has 87 heavy (non-hydrogen) atoms. The SMILES string of the molecule is CCc1cccc2cc(O)cc(-c3ncc4c(N5CC6CCC(C5)N6C(=O)OC(C)(C)C)nc(OCCN5CCC(CC6CN(CC(=O)NC(C(=O)N7C[C@H](O)C[C@H]7C(=O)NC(C)c7ccc(-c8scnc8C)cc7)C(C)(C)C)C6)CC5)nc4c3F)c12. The molecule has 19 nitrogen and oxygen atoms in total. The smallest absolute Gasteiger partial charge is 0.410 e. The van der Waals surface area contributed by atoms with Gasteiger partial charge in [0.05, 0.1) is 52.2 Å². The first-order valence-corrected chi connectivity index (χ1v) is 31.9. The number of nitrogens with one attached hydrogen (secondary N) is 2. The third-order valence-electron chi connectivity index (χ3n) is 18.2. The molecule has 3 aromatic carbocycles. The Morgan fingerprint density at radius 3 is 2.26 bits per heavy atom. The lowest BCUT2D eigenvalue weighted by molar-refractivity contribution is -0.144. The van der Waals surface area contributed by atoms with E-state index in [0.29, 0.717) is 54.7 Å². The average molecular weight is 1210 g/mol. The van der Waals surface area contributed by atoms with E-state index in [1.807, 2.05) is 115 Å². The zero-order valence-corrected chi connectivity index (χ0v) is 52.5. The standard InChI is InChI=1S/C66H84FN11O8S/c1-10-42-12-11-13-45-27-48(79)28-50(54(42)45)56-55(67)57-51(30-68-56)60(76-33-46-18-19-47(34-76)78(46)64(84)86-66(7,8)9)73-63(72-57)85-25-24-74-22-20-40(21-23-74)26-41-31-75(32-41)36-53(81)71-59(65(4,5)6)62(83)77-35-49(80)29-52(77)61(82)70-38(2)43-14-16-44(17-15-43)58-39(3)69-37-87-58/h11-17,27-28,30,37-38,40-41,46-47,49,52,59,79-80H,10,18-26,29,31-36H2,1-9H3,(H,70,82)(H,71,81)/t38?,46?,47?,49-,52+,59?/m1/s1. The van der Waals surface area contributed by atoms with Gasteiger partial charge >= 0.3 is 12.1 Å². The molecule has 4 amide bonds. The van der Waals surface area contributed by atoms with E-state index in [1.165, 1.54) is 4.90 Å². The number of aliphatic hydroxyl groups is 1. The number of pyridine rings is 1. The lowest BCUT2D eigenvalue weighted by Gasteiger charge is -2.42. The highest BCUT2D eigenvalue weighted by Gasteiger charge is 2.47. The van der Waals surface area contributed by atoms with Gasteiger partial charge < -0.3 is 40.1 Å². The van der Waals surface area contributed by atoms with E-state index in [2.05, 4.69) is 30.3 Å². The molecule has 2 bridgehead atoms. The summed E-state index contributed by atoms with van der Waals surface area (Å²) in [5, 5.41) is 29.8. The number of hydrogen-bond acceptors (Lipinski definition) is 16. The Bertz CT molecular complexity index is 3510. The topological polar surface area (TPSA) is 219 Å². The normalized spacial score (nSPS) is 21.3. The molecule has 0 aliphatic carbocycles.